The second-order valence-electron chi connectivity index (χ2n) is 7.41. The van der Waals surface area contributed by atoms with Gasteiger partial charge in [0.2, 0.25) is 0 Å². The lowest BCUT2D eigenvalue weighted by atomic mass is 9.95. The van der Waals surface area contributed by atoms with E-state index in [9.17, 15) is 35.5 Å². The van der Waals surface area contributed by atoms with Crippen molar-refractivity contribution < 1.29 is 35.5 Å². The molecule has 14 heteroatoms. The van der Waals surface area contributed by atoms with E-state index in [1.807, 2.05) is 5.43 Å². The Morgan fingerprint density at radius 2 is 1.62 bits per heavy atom. The molecule has 0 spiro atoms. The quantitative estimate of drug-likeness (QED) is 0.173. The number of anilines is 1. The zero-order valence-electron chi connectivity index (χ0n) is 18.0. The Kier molecular flexibility index (Phi) is 8.61. The number of aromatic nitrogens is 1. The van der Waals surface area contributed by atoms with Crippen LogP contribution in [0.4, 0.5) is 36.4 Å². The van der Waals surface area contributed by atoms with Crippen molar-refractivity contribution in [2.75, 3.05) is 5.43 Å². The molecule has 0 aliphatic carbocycles. The summed E-state index contributed by atoms with van der Waals surface area (Å²) in [5.74, 6) is -5.48. The number of hydrogen-bond acceptors (Lipinski definition) is 3. The fourth-order valence-electron chi connectivity index (χ4n) is 3.14. The van der Waals surface area contributed by atoms with Gasteiger partial charge in [0.15, 0.2) is 0 Å². The number of rotatable bonds is 6. The van der Waals surface area contributed by atoms with Crippen LogP contribution in [0.1, 0.15) is 33.0 Å². The Morgan fingerprint density at radius 3 is 2.16 bits per heavy atom. The first kappa shape index (κ1) is 28.5. The van der Waals surface area contributed by atoms with Crippen molar-refractivity contribution in [3.8, 4) is 0 Å². The molecule has 37 heavy (non-hydrogen) atoms. The maximum Gasteiger partial charge on any atom is 0.417 e. The van der Waals surface area contributed by atoms with E-state index in [2.05, 4.69) is 10.4 Å². The molecule has 196 valence electrons. The van der Waals surface area contributed by atoms with Crippen molar-refractivity contribution in [3.63, 3.8) is 0 Å². The Labute approximate surface area is 220 Å². The standard InChI is InChI=1S/C23H13Cl3F7N3O/c24-17-7-12(8-18(25)20(17)26)15(22(28,29)30)9-19(27)11-3-4-14(16(6-11)23(31,32)33)21(37)36-35-13-2-1-5-34-10-13/h1-10,15,35H,(H,36,37)/b19-9-. The molecule has 0 bridgehead atoms. The molecule has 2 N–H and O–H groups in total. The first-order valence-electron chi connectivity index (χ1n) is 9.95. The Morgan fingerprint density at radius 1 is 0.973 bits per heavy atom. The van der Waals surface area contributed by atoms with Gasteiger partial charge in [0.1, 0.15) is 11.7 Å². The number of hydrazine groups is 1. The van der Waals surface area contributed by atoms with E-state index in [0.29, 0.717) is 6.07 Å². The Bertz CT molecular complexity index is 1310. The van der Waals surface area contributed by atoms with Crippen LogP contribution in [-0.2, 0) is 6.18 Å². The van der Waals surface area contributed by atoms with Crippen molar-refractivity contribution >= 4 is 52.2 Å². The Balaban J connectivity index is 1.99. The molecule has 2 aromatic carbocycles. The summed E-state index contributed by atoms with van der Waals surface area (Å²) in [5.41, 5.74) is 0.766. The van der Waals surface area contributed by atoms with Crippen LogP contribution in [0.15, 0.2) is 60.9 Å². The lowest BCUT2D eigenvalue weighted by Gasteiger charge is -2.19. The van der Waals surface area contributed by atoms with E-state index >= 15 is 0 Å². The van der Waals surface area contributed by atoms with Crippen molar-refractivity contribution in [2.45, 2.75) is 18.3 Å². The molecule has 4 nitrogen and oxygen atoms in total. The van der Waals surface area contributed by atoms with Gasteiger partial charge in [0.25, 0.3) is 5.91 Å². The van der Waals surface area contributed by atoms with Crippen LogP contribution in [-0.4, -0.2) is 17.1 Å². The fraction of sp³-hybridized carbons (Fsp3) is 0.130. The number of hydrogen-bond donors (Lipinski definition) is 2. The number of nitrogens with zero attached hydrogens (tertiary/aromatic N) is 1. The van der Waals surface area contributed by atoms with Crippen molar-refractivity contribution in [3.05, 3.63) is 98.3 Å². The van der Waals surface area contributed by atoms with Gasteiger partial charge in [-0.2, -0.15) is 26.3 Å². The lowest BCUT2D eigenvalue weighted by molar-refractivity contribution is -0.140. The molecule has 1 atom stereocenters. The molecule has 0 saturated heterocycles. The van der Waals surface area contributed by atoms with E-state index in [1.165, 1.54) is 24.5 Å². The number of halogens is 10. The van der Waals surface area contributed by atoms with Gasteiger partial charge in [0.05, 0.1) is 38.1 Å². The maximum atomic E-state index is 14.9. The number of alkyl halides is 6. The molecule has 1 amide bonds. The molecule has 3 rings (SSSR count). The van der Waals surface area contributed by atoms with Crippen LogP contribution in [0, 0.1) is 0 Å². The predicted octanol–water partition coefficient (Wildman–Crippen LogP) is 8.47. The smallest absolute Gasteiger partial charge is 0.297 e. The molecule has 3 aromatic rings. The average Bonchev–Trinajstić information content (AvgIpc) is 2.83. The topological polar surface area (TPSA) is 54.0 Å². The second-order valence-corrected chi connectivity index (χ2v) is 8.60. The van der Waals surface area contributed by atoms with E-state index in [-0.39, 0.29) is 32.9 Å². The molecule has 0 fully saturated rings. The summed E-state index contributed by atoms with van der Waals surface area (Å²) in [4.78, 5) is 16.1. The minimum Gasteiger partial charge on any atom is -0.297 e. The highest BCUT2D eigenvalue weighted by atomic mass is 35.5. The summed E-state index contributed by atoms with van der Waals surface area (Å²) in [5, 5.41) is -0.886. The number of nitrogens with one attached hydrogen (secondary N) is 2. The number of benzene rings is 2. The van der Waals surface area contributed by atoms with Crippen molar-refractivity contribution in [1.82, 2.24) is 10.4 Å². The summed E-state index contributed by atoms with van der Waals surface area (Å²) in [6.45, 7) is 0. The summed E-state index contributed by atoms with van der Waals surface area (Å²) in [6.07, 6.45) is -7.42. The highest BCUT2D eigenvalue weighted by Gasteiger charge is 2.41. The van der Waals surface area contributed by atoms with Crippen LogP contribution in [0.25, 0.3) is 5.83 Å². The highest BCUT2D eigenvalue weighted by molar-refractivity contribution is 6.48. The SMILES string of the molecule is O=C(NNc1cccnc1)c1ccc(/C(F)=C/C(c2cc(Cl)c(Cl)c(Cl)c2)C(F)(F)F)cc1C(F)(F)F. The number of carbonyl (C=O) groups excluding carboxylic acids is 1. The lowest BCUT2D eigenvalue weighted by Crippen LogP contribution is -2.31. The average molecular weight is 587 g/mol. The molecule has 0 saturated carbocycles. The van der Waals surface area contributed by atoms with E-state index in [0.717, 1.165) is 18.2 Å². The van der Waals surface area contributed by atoms with Crippen LogP contribution >= 0.6 is 34.8 Å². The van der Waals surface area contributed by atoms with Crippen LogP contribution in [0.3, 0.4) is 0 Å². The van der Waals surface area contributed by atoms with Crippen molar-refractivity contribution in [1.29, 1.82) is 0 Å². The zero-order valence-corrected chi connectivity index (χ0v) is 20.3. The van der Waals surface area contributed by atoms with Crippen LogP contribution in [0.2, 0.25) is 15.1 Å². The summed E-state index contributed by atoms with van der Waals surface area (Å²) in [6, 6.07) is 6.24. The molecular formula is C23H13Cl3F7N3O. The van der Waals surface area contributed by atoms with Crippen molar-refractivity contribution in [2.24, 2.45) is 0 Å². The molecule has 0 aliphatic rings. The normalized spacial score (nSPS) is 13.3. The minimum atomic E-state index is -5.14. The molecule has 1 aromatic heterocycles. The van der Waals surface area contributed by atoms with E-state index in [4.69, 9.17) is 34.8 Å². The fourth-order valence-corrected chi connectivity index (χ4v) is 3.75. The second kappa shape index (κ2) is 11.2. The van der Waals surface area contributed by atoms with Gasteiger partial charge >= 0.3 is 12.4 Å². The number of amides is 1. The monoisotopic (exact) mass is 585 g/mol. The third-order valence-corrected chi connectivity index (χ3v) is 6.06. The van der Waals surface area contributed by atoms with Gasteiger partial charge in [-0.15, -0.1) is 0 Å². The molecule has 0 aliphatic heterocycles. The molecule has 1 heterocycles. The summed E-state index contributed by atoms with van der Waals surface area (Å²) < 4.78 is 97.2. The van der Waals surface area contributed by atoms with E-state index < -0.39 is 52.3 Å². The molecule has 1 unspecified atom stereocenters. The first-order valence-corrected chi connectivity index (χ1v) is 11.1. The van der Waals surface area contributed by atoms with E-state index in [1.54, 1.807) is 0 Å². The Hall–Kier alpha value is -3.02. The number of carbonyl (C=O) groups is 1. The third kappa shape index (κ3) is 7.06. The number of allylic oxidation sites excluding steroid dienone is 1. The van der Waals surface area contributed by atoms with Crippen LogP contribution < -0.4 is 10.9 Å². The third-order valence-electron chi connectivity index (χ3n) is 4.86. The zero-order chi connectivity index (χ0) is 27.5. The minimum absolute atomic E-state index is 0.0785. The molecule has 0 radical (unpaired) electrons. The van der Waals surface area contributed by atoms with Gasteiger partial charge in [-0.25, -0.2) is 4.39 Å². The summed E-state index contributed by atoms with van der Waals surface area (Å²) >= 11 is 17.3. The van der Waals surface area contributed by atoms with Crippen LogP contribution in [0.5, 0.6) is 0 Å². The van der Waals surface area contributed by atoms with Gasteiger partial charge in [-0.1, -0.05) is 40.9 Å². The van der Waals surface area contributed by atoms with Gasteiger partial charge in [-0.3, -0.25) is 20.6 Å². The van der Waals surface area contributed by atoms with Gasteiger partial charge in [-0.05, 0) is 48.0 Å². The largest absolute Gasteiger partial charge is 0.417 e. The number of pyridine rings is 1. The van der Waals surface area contributed by atoms with Gasteiger partial charge in [0, 0.05) is 11.8 Å². The highest BCUT2D eigenvalue weighted by Crippen LogP contribution is 2.42. The predicted molar refractivity (Wildman–Crippen MR) is 126 cm³/mol. The summed E-state index contributed by atoms with van der Waals surface area (Å²) in [7, 11) is 0. The maximum absolute atomic E-state index is 14.9. The molecular weight excluding hydrogens is 574 g/mol. The van der Waals surface area contributed by atoms with Gasteiger partial charge < -0.3 is 0 Å². The first-order chi connectivity index (χ1) is 17.2.